The molecular weight excluding hydrogens is 302 g/mol. The van der Waals surface area contributed by atoms with Crippen LogP contribution >= 0.6 is 35.6 Å². The van der Waals surface area contributed by atoms with E-state index >= 15 is 0 Å². The SMILES string of the molecule is Cl.NC/C=C(\Cl)COc1ccc([N+](=O)[O-])cc1Cl. The van der Waals surface area contributed by atoms with Crippen molar-refractivity contribution in [2.75, 3.05) is 13.2 Å². The van der Waals surface area contributed by atoms with E-state index in [0.29, 0.717) is 17.3 Å². The minimum Gasteiger partial charge on any atom is -0.486 e. The second-order valence-corrected chi connectivity index (χ2v) is 3.94. The highest BCUT2D eigenvalue weighted by Crippen LogP contribution is 2.29. The number of non-ortho nitro benzene ring substituents is 1. The fraction of sp³-hybridized carbons (Fsp3) is 0.200. The number of hydrogen-bond donors (Lipinski definition) is 1. The molecule has 1 aromatic carbocycles. The summed E-state index contributed by atoms with van der Waals surface area (Å²) < 4.78 is 5.28. The van der Waals surface area contributed by atoms with Crippen LogP contribution in [0.4, 0.5) is 5.69 Å². The number of rotatable bonds is 5. The molecular formula is C10H11Cl3N2O3. The van der Waals surface area contributed by atoms with E-state index in [1.807, 2.05) is 0 Å². The quantitative estimate of drug-likeness (QED) is 0.669. The van der Waals surface area contributed by atoms with Crippen LogP contribution in [0.3, 0.4) is 0 Å². The van der Waals surface area contributed by atoms with Crippen molar-refractivity contribution in [3.63, 3.8) is 0 Å². The lowest BCUT2D eigenvalue weighted by molar-refractivity contribution is -0.384. The Balaban J connectivity index is 0.00000289. The van der Waals surface area contributed by atoms with Crippen molar-refractivity contribution in [1.82, 2.24) is 0 Å². The number of benzene rings is 1. The van der Waals surface area contributed by atoms with E-state index < -0.39 is 4.92 Å². The number of ether oxygens (including phenoxy) is 1. The molecule has 1 aromatic rings. The zero-order valence-corrected chi connectivity index (χ0v) is 11.5. The molecule has 0 aromatic heterocycles. The second kappa shape index (κ2) is 8.16. The molecule has 0 spiro atoms. The first-order valence-corrected chi connectivity index (χ1v) is 5.41. The maximum Gasteiger partial charge on any atom is 0.271 e. The topological polar surface area (TPSA) is 78.4 Å². The molecule has 0 saturated heterocycles. The Kier molecular flexibility index (Phi) is 7.70. The maximum absolute atomic E-state index is 10.5. The third-order valence-corrected chi connectivity index (χ3v) is 2.39. The van der Waals surface area contributed by atoms with E-state index in [1.165, 1.54) is 18.2 Å². The average molecular weight is 314 g/mol. The molecule has 5 nitrogen and oxygen atoms in total. The molecule has 0 aliphatic rings. The number of nitrogens with zero attached hydrogens (tertiary/aromatic N) is 1. The Bertz CT molecular complexity index is 452. The highest BCUT2D eigenvalue weighted by atomic mass is 35.5. The summed E-state index contributed by atoms with van der Waals surface area (Å²) in [4.78, 5) is 9.95. The van der Waals surface area contributed by atoms with Crippen LogP contribution in [-0.2, 0) is 0 Å². The summed E-state index contributed by atoms with van der Waals surface area (Å²) in [6.45, 7) is 0.437. The lowest BCUT2D eigenvalue weighted by Gasteiger charge is -2.06. The molecule has 18 heavy (non-hydrogen) atoms. The Hall–Kier alpha value is -1.01. The maximum atomic E-state index is 10.5. The molecule has 0 radical (unpaired) electrons. The van der Waals surface area contributed by atoms with Crippen molar-refractivity contribution in [3.8, 4) is 5.75 Å². The van der Waals surface area contributed by atoms with Crippen molar-refractivity contribution < 1.29 is 9.66 Å². The zero-order chi connectivity index (χ0) is 12.8. The molecule has 0 atom stereocenters. The molecule has 0 fully saturated rings. The van der Waals surface area contributed by atoms with Crippen LogP contribution in [0.25, 0.3) is 0 Å². The van der Waals surface area contributed by atoms with Crippen LogP contribution in [-0.4, -0.2) is 18.1 Å². The van der Waals surface area contributed by atoms with Gasteiger partial charge in [0.05, 0.1) is 15.0 Å². The molecule has 0 aliphatic heterocycles. The lowest BCUT2D eigenvalue weighted by atomic mass is 10.3. The summed E-state index contributed by atoms with van der Waals surface area (Å²) in [7, 11) is 0. The summed E-state index contributed by atoms with van der Waals surface area (Å²) in [5, 5.41) is 11.1. The van der Waals surface area contributed by atoms with Gasteiger partial charge >= 0.3 is 0 Å². The van der Waals surface area contributed by atoms with Gasteiger partial charge in [0.2, 0.25) is 0 Å². The van der Waals surface area contributed by atoms with Crippen molar-refractivity contribution in [1.29, 1.82) is 0 Å². The van der Waals surface area contributed by atoms with Crippen molar-refractivity contribution in [2.45, 2.75) is 0 Å². The van der Waals surface area contributed by atoms with Crippen molar-refractivity contribution in [3.05, 3.63) is 44.4 Å². The summed E-state index contributed by atoms with van der Waals surface area (Å²) >= 11 is 11.6. The normalized spacial score (nSPS) is 10.7. The molecule has 2 N–H and O–H groups in total. The standard InChI is InChI=1S/C10H10Cl2N2O3.ClH/c11-7(3-4-13)6-17-10-2-1-8(14(15)16)5-9(10)12;/h1-3,5H,4,6,13H2;1H/b7-3-;. The van der Waals surface area contributed by atoms with E-state index in [2.05, 4.69) is 0 Å². The number of nitrogens with two attached hydrogens (primary N) is 1. The van der Waals surface area contributed by atoms with E-state index in [9.17, 15) is 10.1 Å². The summed E-state index contributed by atoms with van der Waals surface area (Å²) in [6.07, 6.45) is 1.60. The van der Waals surface area contributed by atoms with Crippen LogP contribution < -0.4 is 10.5 Å². The molecule has 0 saturated carbocycles. The van der Waals surface area contributed by atoms with Crippen molar-refractivity contribution >= 4 is 41.3 Å². The van der Waals surface area contributed by atoms with Gasteiger partial charge in [0.15, 0.2) is 0 Å². The molecule has 0 aliphatic carbocycles. The van der Waals surface area contributed by atoms with Gasteiger partial charge in [-0.15, -0.1) is 12.4 Å². The first-order chi connectivity index (χ1) is 8.04. The van der Waals surface area contributed by atoms with Gasteiger partial charge < -0.3 is 10.5 Å². The van der Waals surface area contributed by atoms with Crippen molar-refractivity contribution in [2.24, 2.45) is 5.73 Å². The summed E-state index contributed by atoms with van der Waals surface area (Å²) in [5.41, 5.74) is 5.17. The van der Waals surface area contributed by atoms with Crippen LogP contribution in [0.2, 0.25) is 5.02 Å². The minimum atomic E-state index is -0.531. The van der Waals surface area contributed by atoms with Crippen LogP contribution in [0.5, 0.6) is 5.75 Å². The highest BCUT2D eigenvalue weighted by Gasteiger charge is 2.10. The van der Waals surface area contributed by atoms with Gasteiger partial charge in [0, 0.05) is 18.7 Å². The van der Waals surface area contributed by atoms with Crippen LogP contribution in [0, 0.1) is 10.1 Å². The molecule has 0 heterocycles. The van der Waals surface area contributed by atoms with Gasteiger partial charge in [-0.3, -0.25) is 10.1 Å². The molecule has 100 valence electrons. The van der Waals surface area contributed by atoms with Gasteiger partial charge in [-0.25, -0.2) is 0 Å². The van der Waals surface area contributed by atoms with Gasteiger partial charge in [-0.2, -0.15) is 0 Å². The van der Waals surface area contributed by atoms with E-state index in [1.54, 1.807) is 6.08 Å². The number of halogens is 3. The predicted molar refractivity (Wildman–Crippen MR) is 73.8 cm³/mol. The van der Waals surface area contributed by atoms with Gasteiger partial charge in [0.1, 0.15) is 12.4 Å². The smallest absolute Gasteiger partial charge is 0.271 e. The Labute approximate surface area is 120 Å². The molecule has 1 rings (SSSR count). The number of nitro benzene ring substituents is 1. The third kappa shape index (κ3) is 5.10. The Morgan fingerprint density at radius 1 is 1.56 bits per heavy atom. The largest absolute Gasteiger partial charge is 0.486 e. The third-order valence-electron chi connectivity index (χ3n) is 1.83. The fourth-order valence-corrected chi connectivity index (χ4v) is 1.43. The molecule has 0 bridgehead atoms. The van der Waals surface area contributed by atoms with Gasteiger partial charge in [-0.1, -0.05) is 29.3 Å². The molecule has 0 amide bonds. The lowest BCUT2D eigenvalue weighted by Crippen LogP contribution is -2.01. The summed E-state index contributed by atoms with van der Waals surface area (Å²) in [5.74, 6) is 0.334. The van der Waals surface area contributed by atoms with E-state index in [0.717, 1.165) is 0 Å². The summed E-state index contributed by atoms with van der Waals surface area (Å²) in [6, 6.07) is 3.95. The second-order valence-electron chi connectivity index (χ2n) is 3.05. The first kappa shape index (κ1) is 17.0. The zero-order valence-electron chi connectivity index (χ0n) is 9.14. The fourth-order valence-electron chi connectivity index (χ4n) is 1.05. The average Bonchev–Trinajstić information content (AvgIpc) is 2.27. The van der Waals surface area contributed by atoms with Gasteiger partial charge in [0.25, 0.3) is 5.69 Å². The Morgan fingerprint density at radius 3 is 2.72 bits per heavy atom. The first-order valence-electron chi connectivity index (χ1n) is 4.66. The van der Waals surface area contributed by atoms with E-state index in [4.69, 9.17) is 33.7 Å². The van der Waals surface area contributed by atoms with Crippen LogP contribution in [0.1, 0.15) is 0 Å². The predicted octanol–water partition coefficient (Wildman–Crippen LogP) is 3.13. The Morgan fingerprint density at radius 2 is 2.22 bits per heavy atom. The number of nitro groups is 1. The number of hydrogen-bond acceptors (Lipinski definition) is 4. The molecule has 0 unspecified atom stereocenters. The monoisotopic (exact) mass is 312 g/mol. The minimum absolute atomic E-state index is 0. The van der Waals surface area contributed by atoms with Crippen LogP contribution in [0.15, 0.2) is 29.3 Å². The highest BCUT2D eigenvalue weighted by molar-refractivity contribution is 6.32. The van der Waals surface area contributed by atoms with Gasteiger partial charge in [-0.05, 0) is 6.07 Å². The molecule has 8 heteroatoms. The van der Waals surface area contributed by atoms with E-state index in [-0.39, 0.29) is 29.7 Å².